The molecule has 45 heavy (non-hydrogen) atoms. The van der Waals surface area contributed by atoms with E-state index >= 15 is 0 Å². The lowest BCUT2D eigenvalue weighted by Gasteiger charge is -2.31. The van der Waals surface area contributed by atoms with Crippen LogP contribution in [0.1, 0.15) is 53.5 Å². The van der Waals surface area contributed by atoms with E-state index in [9.17, 15) is 19.2 Å². The molecule has 1 aliphatic rings. The summed E-state index contributed by atoms with van der Waals surface area (Å²) in [5.74, 6) is -0.761. The van der Waals surface area contributed by atoms with Crippen LogP contribution in [0.2, 0.25) is 0 Å². The Hall–Kier alpha value is -4.23. The molecule has 0 aliphatic carbocycles. The number of rotatable bonds is 11. The summed E-state index contributed by atoms with van der Waals surface area (Å²) < 4.78 is 22.4. The minimum atomic E-state index is -1.04. The first-order valence-corrected chi connectivity index (χ1v) is 14.9. The lowest BCUT2D eigenvalue weighted by Crippen LogP contribution is -2.47. The highest BCUT2D eigenvalue weighted by molar-refractivity contribution is 5.87. The van der Waals surface area contributed by atoms with Crippen molar-refractivity contribution in [1.82, 2.24) is 15.2 Å². The molecule has 1 aromatic heterocycles. The summed E-state index contributed by atoms with van der Waals surface area (Å²) in [6.07, 6.45) is 0.106. The minimum absolute atomic E-state index is 0.0448. The summed E-state index contributed by atoms with van der Waals surface area (Å²) in [6.45, 7) is 10.2. The third-order valence-electron chi connectivity index (χ3n) is 6.43. The summed E-state index contributed by atoms with van der Waals surface area (Å²) in [5, 5.41) is 2.57. The van der Waals surface area contributed by atoms with Gasteiger partial charge in [-0.25, -0.2) is 14.6 Å². The van der Waals surface area contributed by atoms with Crippen LogP contribution in [0.15, 0.2) is 54.7 Å². The SMILES string of the molecule is CC(C)(C)OC(=O)C(N)CNC(=O)CO[C@@H]1CC(CN(C(=O)OC(C)(C)C)c2ccccn2)N(C(=O)OCc2ccccc2)C1. The number of likely N-dealkylation sites (tertiary alicyclic amines) is 1. The summed E-state index contributed by atoms with van der Waals surface area (Å²) in [6, 6.07) is 12.8. The molecule has 0 spiro atoms. The van der Waals surface area contributed by atoms with E-state index in [1.165, 1.54) is 9.80 Å². The number of carbonyl (C=O) groups is 4. The van der Waals surface area contributed by atoms with Gasteiger partial charge in [-0.1, -0.05) is 36.4 Å². The normalized spacial score (nSPS) is 17.3. The monoisotopic (exact) mass is 627 g/mol. The number of nitrogens with zero attached hydrogens (tertiary/aromatic N) is 3. The average molecular weight is 628 g/mol. The van der Waals surface area contributed by atoms with Crippen molar-refractivity contribution in [3.63, 3.8) is 0 Å². The lowest BCUT2D eigenvalue weighted by atomic mass is 10.2. The topological polar surface area (TPSA) is 163 Å². The molecule has 13 nitrogen and oxygen atoms in total. The van der Waals surface area contributed by atoms with Crippen LogP contribution in [0.5, 0.6) is 0 Å². The van der Waals surface area contributed by atoms with Gasteiger partial charge < -0.3 is 34.9 Å². The van der Waals surface area contributed by atoms with Crippen molar-refractivity contribution in [3.8, 4) is 0 Å². The first-order chi connectivity index (χ1) is 21.1. The molecule has 3 atom stereocenters. The summed E-state index contributed by atoms with van der Waals surface area (Å²) in [5.41, 5.74) is 5.20. The van der Waals surface area contributed by atoms with Crippen LogP contribution in [0.4, 0.5) is 15.4 Å². The van der Waals surface area contributed by atoms with E-state index in [0.29, 0.717) is 12.2 Å². The van der Waals surface area contributed by atoms with E-state index in [1.807, 2.05) is 30.3 Å². The molecular formula is C32H45N5O8. The van der Waals surface area contributed by atoms with Crippen molar-refractivity contribution in [1.29, 1.82) is 0 Å². The first-order valence-electron chi connectivity index (χ1n) is 14.9. The van der Waals surface area contributed by atoms with Gasteiger partial charge in [0.25, 0.3) is 0 Å². The molecule has 1 aromatic carbocycles. The summed E-state index contributed by atoms with van der Waals surface area (Å²) in [7, 11) is 0. The van der Waals surface area contributed by atoms with Gasteiger partial charge in [-0.3, -0.25) is 14.5 Å². The number of benzene rings is 1. The smallest absolute Gasteiger partial charge is 0.416 e. The Balaban J connectivity index is 1.69. The van der Waals surface area contributed by atoms with Crippen LogP contribution < -0.4 is 16.0 Å². The Morgan fingerprint density at radius 2 is 1.67 bits per heavy atom. The Bertz CT molecular complexity index is 1280. The van der Waals surface area contributed by atoms with Crippen LogP contribution in [-0.4, -0.2) is 89.6 Å². The number of amides is 3. The average Bonchev–Trinajstić information content (AvgIpc) is 3.38. The molecule has 13 heteroatoms. The fourth-order valence-electron chi connectivity index (χ4n) is 4.43. The number of anilines is 1. The fourth-order valence-corrected chi connectivity index (χ4v) is 4.43. The van der Waals surface area contributed by atoms with E-state index in [0.717, 1.165) is 5.56 Å². The minimum Gasteiger partial charge on any atom is -0.459 e. The van der Waals surface area contributed by atoms with Gasteiger partial charge in [-0.15, -0.1) is 0 Å². The quantitative estimate of drug-likeness (QED) is 0.279. The van der Waals surface area contributed by atoms with E-state index in [-0.39, 0.29) is 32.8 Å². The highest BCUT2D eigenvalue weighted by atomic mass is 16.6. The molecule has 1 fully saturated rings. The van der Waals surface area contributed by atoms with Gasteiger partial charge in [0.15, 0.2) is 0 Å². The molecule has 0 saturated carbocycles. The maximum Gasteiger partial charge on any atom is 0.416 e. The molecular weight excluding hydrogens is 582 g/mol. The summed E-state index contributed by atoms with van der Waals surface area (Å²) >= 11 is 0. The zero-order valence-corrected chi connectivity index (χ0v) is 26.9. The van der Waals surface area contributed by atoms with E-state index in [4.69, 9.17) is 24.7 Å². The standard InChI is InChI=1S/C32H45N5O8/c1-31(2,3)44-28(39)25(33)17-35-27(38)21-42-24-16-23(36(19-24)29(40)43-20-22-12-8-7-9-13-22)18-37(26-14-10-11-15-34-26)30(41)45-32(4,5)6/h7-15,23-25H,16-21,33H2,1-6H3,(H,35,38)/t23?,24-,25?/m1/s1. The number of hydrogen-bond donors (Lipinski definition) is 2. The summed E-state index contributed by atoms with van der Waals surface area (Å²) in [4.78, 5) is 58.4. The van der Waals surface area contributed by atoms with Gasteiger partial charge >= 0.3 is 18.2 Å². The Morgan fingerprint density at radius 3 is 2.29 bits per heavy atom. The number of hydrogen-bond acceptors (Lipinski definition) is 10. The molecule has 2 unspecified atom stereocenters. The maximum atomic E-state index is 13.3. The largest absolute Gasteiger partial charge is 0.459 e. The number of nitrogens with one attached hydrogen (secondary N) is 1. The third-order valence-corrected chi connectivity index (χ3v) is 6.43. The van der Waals surface area contributed by atoms with Crippen molar-refractivity contribution >= 4 is 29.9 Å². The predicted octanol–water partition coefficient (Wildman–Crippen LogP) is 3.40. The first kappa shape index (κ1) is 35.3. The number of nitrogens with two attached hydrogens (primary N) is 1. The predicted molar refractivity (Wildman–Crippen MR) is 166 cm³/mol. The van der Waals surface area contributed by atoms with Crippen molar-refractivity contribution < 1.29 is 38.1 Å². The van der Waals surface area contributed by atoms with E-state index < -0.39 is 53.5 Å². The van der Waals surface area contributed by atoms with Crippen LogP contribution in [0.3, 0.4) is 0 Å². The zero-order chi connectivity index (χ0) is 33.2. The number of pyridine rings is 1. The molecule has 1 aliphatic heterocycles. The second-order valence-corrected chi connectivity index (χ2v) is 12.7. The highest BCUT2D eigenvalue weighted by Gasteiger charge is 2.40. The van der Waals surface area contributed by atoms with Gasteiger partial charge in [0.05, 0.1) is 25.2 Å². The van der Waals surface area contributed by atoms with E-state index in [2.05, 4.69) is 10.3 Å². The number of esters is 1. The van der Waals surface area contributed by atoms with Gasteiger partial charge in [-0.2, -0.15) is 0 Å². The van der Waals surface area contributed by atoms with Gasteiger partial charge in [0, 0.05) is 12.7 Å². The van der Waals surface area contributed by atoms with Gasteiger partial charge in [0.2, 0.25) is 5.91 Å². The van der Waals surface area contributed by atoms with Crippen molar-refractivity contribution in [2.75, 3.05) is 31.1 Å². The lowest BCUT2D eigenvalue weighted by molar-refractivity contribution is -0.156. The number of ether oxygens (including phenoxy) is 4. The van der Waals surface area contributed by atoms with Crippen molar-refractivity contribution in [2.24, 2.45) is 5.73 Å². The van der Waals surface area contributed by atoms with Crippen LogP contribution in [0, 0.1) is 0 Å². The van der Waals surface area contributed by atoms with Gasteiger partial charge in [-0.05, 0) is 65.7 Å². The van der Waals surface area contributed by atoms with Crippen LogP contribution >= 0.6 is 0 Å². The van der Waals surface area contributed by atoms with Crippen molar-refractivity contribution in [3.05, 3.63) is 60.3 Å². The van der Waals surface area contributed by atoms with Crippen LogP contribution in [-0.2, 0) is 35.1 Å². The maximum absolute atomic E-state index is 13.3. The fraction of sp³-hybridized carbons (Fsp3) is 0.531. The molecule has 3 rings (SSSR count). The highest BCUT2D eigenvalue weighted by Crippen LogP contribution is 2.26. The van der Waals surface area contributed by atoms with Gasteiger partial charge in [0.1, 0.15) is 36.3 Å². The Morgan fingerprint density at radius 1 is 1.00 bits per heavy atom. The third kappa shape index (κ3) is 12.0. The number of aromatic nitrogens is 1. The molecule has 3 amide bonds. The second kappa shape index (κ2) is 15.7. The Kier molecular flexibility index (Phi) is 12.3. The molecule has 0 radical (unpaired) electrons. The molecule has 3 N–H and O–H groups in total. The zero-order valence-electron chi connectivity index (χ0n) is 26.9. The molecule has 1 saturated heterocycles. The number of carbonyl (C=O) groups excluding carboxylic acids is 4. The molecule has 246 valence electrons. The molecule has 2 aromatic rings. The van der Waals surface area contributed by atoms with Crippen molar-refractivity contribution in [2.45, 2.75) is 84.0 Å². The molecule has 0 bridgehead atoms. The Labute approximate surface area is 264 Å². The van der Waals surface area contributed by atoms with Crippen LogP contribution in [0.25, 0.3) is 0 Å². The van der Waals surface area contributed by atoms with E-state index in [1.54, 1.807) is 65.9 Å². The molecule has 2 heterocycles. The second-order valence-electron chi connectivity index (χ2n) is 12.7.